The van der Waals surface area contributed by atoms with Crippen molar-refractivity contribution in [1.82, 2.24) is 10.2 Å². The Hall–Kier alpha value is -1.12. The van der Waals surface area contributed by atoms with Gasteiger partial charge < -0.3 is 4.90 Å². The van der Waals surface area contributed by atoms with Gasteiger partial charge in [-0.25, -0.2) is 0 Å². The second-order valence-electron chi connectivity index (χ2n) is 3.43. The summed E-state index contributed by atoms with van der Waals surface area (Å²) in [5.41, 5.74) is 1.07. The number of aryl methyl sites for hydroxylation is 1. The van der Waals surface area contributed by atoms with Crippen molar-refractivity contribution in [2.45, 2.75) is 26.2 Å². The first-order valence-electron chi connectivity index (χ1n) is 4.97. The van der Waals surface area contributed by atoms with Crippen molar-refractivity contribution in [2.24, 2.45) is 0 Å². The quantitative estimate of drug-likeness (QED) is 0.687. The molecule has 0 unspecified atom stereocenters. The third-order valence-electron chi connectivity index (χ3n) is 2.50. The molecule has 13 heavy (non-hydrogen) atoms. The van der Waals surface area contributed by atoms with Crippen molar-refractivity contribution < 1.29 is 0 Å². The summed E-state index contributed by atoms with van der Waals surface area (Å²) >= 11 is 0. The SMILES string of the molecule is CCc1ccc(N2CCCC2)nn1. The maximum Gasteiger partial charge on any atom is 0.151 e. The van der Waals surface area contributed by atoms with Crippen LogP contribution in [0.25, 0.3) is 0 Å². The molecule has 3 heteroatoms. The number of anilines is 1. The van der Waals surface area contributed by atoms with Gasteiger partial charge in [-0.05, 0) is 31.4 Å². The van der Waals surface area contributed by atoms with Crippen molar-refractivity contribution in [3.8, 4) is 0 Å². The summed E-state index contributed by atoms with van der Waals surface area (Å²) in [6, 6.07) is 4.15. The van der Waals surface area contributed by atoms with Gasteiger partial charge in [-0.2, -0.15) is 5.10 Å². The van der Waals surface area contributed by atoms with Gasteiger partial charge in [0, 0.05) is 13.1 Å². The molecule has 1 fully saturated rings. The molecule has 1 aromatic heterocycles. The molecule has 1 aliphatic heterocycles. The predicted octanol–water partition coefficient (Wildman–Crippen LogP) is 1.64. The lowest BCUT2D eigenvalue weighted by molar-refractivity contribution is 0.859. The Morgan fingerprint density at radius 1 is 1.23 bits per heavy atom. The molecule has 0 atom stereocenters. The van der Waals surface area contributed by atoms with Gasteiger partial charge in [0.25, 0.3) is 0 Å². The van der Waals surface area contributed by atoms with Gasteiger partial charge in [0.1, 0.15) is 0 Å². The molecule has 70 valence electrons. The molecule has 1 aliphatic rings. The molecule has 0 radical (unpaired) electrons. The minimum atomic E-state index is 0.966. The van der Waals surface area contributed by atoms with Crippen LogP contribution < -0.4 is 4.90 Å². The van der Waals surface area contributed by atoms with E-state index in [4.69, 9.17) is 0 Å². The van der Waals surface area contributed by atoms with Crippen LogP contribution in [0.15, 0.2) is 12.1 Å². The molecule has 0 bridgehead atoms. The van der Waals surface area contributed by atoms with E-state index in [-0.39, 0.29) is 0 Å². The van der Waals surface area contributed by atoms with Crippen molar-refractivity contribution in [2.75, 3.05) is 18.0 Å². The normalized spacial score (nSPS) is 16.5. The van der Waals surface area contributed by atoms with E-state index in [2.05, 4.69) is 34.2 Å². The first kappa shape index (κ1) is 8.48. The number of hydrogen-bond donors (Lipinski definition) is 0. The highest BCUT2D eigenvalue weighted by atomic mass is 15.3. The van der Waals surface area contributed by atoms with Gasteiger partial charge in [0.2, 0.25) is 0 Å². The molecular weight excluding hydrogens is 162 g/mol. The first-order chi connectivity index (χ1) is 6.40. The van der Waals surface area contributed by atoms with Crippen LogP contribution in [0.5, 0.6) is 0 Å². The molecule has 2 heterocycles. The molecular formula is C10H15N3. The fourth-order valence-corrected chi connectivity index (χ4v) is 1.66. The summed E-state index contributed by atoms with van der Waals surface area (Å²) in [6.07, 6.45) is 3.54. The molecule has 3 nitrogen and oxygen atoms in total. The molecule has 0 spiro atoms. The van der Waals surface area contributed by atoms with Gasteiger partial charge in [-0.3, -0.25) is 0 Å². The predicted molar refractivity (Wildman–Crippen MR) is 52.9 cm³/mol. The lowest BCUT2D eigenvalue weighted by Crippen LogP contribution is -2.19. The van der Waals surface area contributed by atoms with Gasteiger partial charge in [0.05, 0.1) is 5.69 Å². The Bertz CT molecular complexity index is 262. The Balaban J connectivity index is 2.12. The van der Waals surface area contributed by atoms with Crippen LogP contribution in [-0.2, 0) is 6.42 Å². The summed E-state index contributed by atoms with van der Waals surface area (Å²) in [4.78, 5) is 2.30. The van der Waals surface area contributed by atoms with Crippen LogP contribution in [0.4, 0.5) is 5.82 Å². The third-order valence-corrected chi connectivity index (χ3v) is 2.50. The van der Waals surface area contributed by atoms with Crippen LogP contribution in [0, 0.1) is 0 Å². The van der Waals surface area contributed by atoms with E-state index in [1.165, 1.54) is 12.8 Å². The van der Waals surface area contributed by atoms with E-state index in [0.717, 1.165) is 31.0 Å². The molecule has 0 amide bonds. The fourth-order valence-electron chi connectivity index (χ4n) is 1.66. The third kappa shape index (κ3) is 1.79. The lowest BCUT2D eigenvalue weighted by Gasteiger charge is -2.14. The van der Waals surface area contributed by atoms with E-state index in [9.17, 15) is 0 Å². The molecule has 0 N–H and O–H groups in total. The van der Waals surface area contributed by atoms with Crippen LogP contribution in [0.3, 0.4) is 0 Å². The van der Waals surface area contributed by atoms with Gasteiger partial charge >= 0.3 is 0 Å². The largest absolute Gasteiger partial charge is 0.355 e. The fraction of sp³-hybridized carbons (Fsp3) is 0.600. The average molecular weight is 177 g/mol. The Morgan fingerprint density at radius 2 is 2.00 bits per heavy atom. The van der Waals surface area contributed by atoms with E-state index in [1.54, 1.807) is 0 Å². The van der Waals surface area contributed by atoms with Crippen LogP contribution in [0.1, 0.15) is 25.5 Å². The second-order valence-corrected chi connectivity index (χ2v) is 3.43. The standard InChI is InChI=1S/C10H15N3/c1-2-9-5-6-10(12-11-9)13-7-3-4-8-13/h5-6H,2-4,7-8H2,1H3. The smallest absolute Gasteiger partial charge is 0.151 e. The molecule has 0 aromatic carbocycles. The maximum absolute atomic E-state index is 4.21. The highest BCUT2D eigenvalue weighted by molar-refractivity contribution is 5.38. The topological polar surface area (TPSA) is 29.0 Å². The van der Waals surface area contributed by atoms with E-state index in [1.807, 2.05) is 0 Å². The summed E-state index contributed by atoms with van der Waals surface area (Å²) in [5, 5.41) is 8.36. The Kier molecular flexibility index (Phi) is 2.43. The molecule has 0 aliphatic carbocycles. The lowest BCUT2D eigenvalue weighted by atomic mass is 10.3. The molecule has 2 rings (SSSR count). The van der Waals surface area contributed by atoms with Gasteiger partial charge in [-0.15, -0.1) is 5.10 Å². The van der Waals surface area contributed by atoms with E-state index in [0.29, 0.717) is 0 Å². The van der Waals surface area contributed by atoms with Crippen molar-refractivity contribution in [3.63, 3.8) is 0 Å². The van der Waals surface area contributed by atoms with Crippen LogP contribution in [0.2, 0.25) is 0 Å². The number of hydrogen-bond acceptors (Lipinski definition) is 3. The van der Waals surface area contributed by atoms with E-state index >= 15 is 0 Å². The molecule has 1 aromatic rings. The Labute approximate surface area is 78.8 Å². The monoisotopic (exact) mass is 177 g/mol. The second kappa shape index (κ2) is 3.73. The zero-order valence-electron chi connectivity index (χ0n) is 8.03. The number of rotatable bonds is 2. The van der Waals surface area contributed by atoms with Gasteiger partial charge in [0.15, 0.2) is 5.82 Å². The number of aromatic nitrogens is 2. The number of nitrogens with zero attached hydrogens (tertiary/aromatic N) is 3. The van der Waals surface area contributed by atoms with Crippen molar-refractivity contribution in [3.05, 3.63) is 17.8 Å². The zero-order chi connectivity index (χ0) is 9.10. The molecule has 1 saturated heterocycles. The van der Waals surface area contributed by atoms with E-state index < -0.39 is 0 Å². The molecule has 0 saturated carbocycles. The highest BCUT2D eigenvalue weighted by Gasteiger charge is 2.13. The Morgan fingerprint density at radius 3 is 2.54 bits per heavy atom. The maximum atomic E-state index is 4.21. The highest BCUT2D eigenvalue weighted by Crippen LogP contribution is 2.16. The minimum Gasteiger partial charge on any atom is -0.355 e. The summed E-state index contributed by atoms with van der Waals surface area (Å²) in [6.45, 7) is 4.37. The minimum absolute atomic E-state index is 0.966. The average Bonchev–Trinajstić information content (AvgIpc) is 2.71. The van der Waals surface area contributed by atoms with Crippen LogP contribution in [-0.4, -0.2) is 23.3 Å². The van der Waals surface area contributed by atoms with Gasteiger partial charge in [-0.1, -0.05) is 6.92 Å². The summed E-state index contributed by atoms with van der Waals surface area (Å²) in [5.74, 6) is 1.04. The summed E-state index contributed by atoms with van der Waals surface area (Å²) < 4.78 is 0. The zero-order valence-corrected chi connectivity index (χ0v) is 8.03. The summed E-state index contributed by atoms with van der Waals surface area (Å²) in [7, 11) is 0. The van der Waals surface area contributed by atoms with Crippen LogP contribution >= 0.6 is 0 Å². The first-order valence-corrected chi connectivity index (χ1v) is 4.97. The van der Waals surface area contributed by atoms with Crippen molar-refractivity contribution in [1.29, 1.82) is 0 Å². The van der Waals surface area contributed by atoms with Crippen molar-refractivity contribution >= 4 is 5.82 Å².